The fraction of sp³-hybridized carbons (Fsp3) is 0.643. The largest absolute Gasteiger partial charge is 0.480 e. The Hall–Kier alpha value is -0.850. The predicted molar refractivity (Wildman–Crippen MR) is 78.5 cm³/mol. The van der Waals surface area contributed by atoms with E-state index in [-0.39, 0.29) is 33.8 Å². The van der Waals surface area contributed by atoms with Crippen LogP contribution < -0.4 is 4.74 Å². The van der Waals surface area contributed by atoms with E-state index in [0.29, 0.717) is 5.92 Å². The van der Waals surface area contributed by atoms with Crippen molar-refractivity contribution in [2.75, 3.05) is 12.9 Å². The van der Waals surface area contributed by atoms with E-state index in [1.54, 1.807) is 0 Å². The topological polar surface area (TPSA) is 65.5 Å². The molecule has 1 aliphatic carbocycles. The van der Waals surface area contributed by atoms with Crippen molar-refractivity contribution in [3.05, 3.63) is 17.3 Å². The molecule has 2 heterocycles. The average Bonchev–Trinajstić information content (AvgIpc) is 3.19. The Kier molecular flexibility index (Phi) is 4.12. The maximum atomic E-state index is 12.4. The maximum absolute atomic E-state index is 12.4. The molecule has 3 rings (SSSR count). The van der Waals surface area contributed by atoms with Gasteiger partial charge in [0.1, 0.15) is 5.02 Å². The monoisotopic (exact) mass is 331 g/mol. The van der Waals surface area contributed by atoms with Gasteiger partial charge in [0.25, 0.3) is 0 Å². The zero-order valence-corrected chi connectivity index (χ0v) is 13.4. The van der Waals surface area contributed by atoms with Gasteiger partial charge in [-0.3, -0.25) is 0 Å². The summed E-state index contributed by atoms with van der Waals surface area (Å²) >= 11 is 5.94. The SMILES string of the molecule is COc1ncc(S(=O)(=O)CC2CCC(C3CC3)O2)cc1Cl. The highest BCUT2D eigenvalue weighted by Gasteiger charge is 2.39. The van der Waals surface area contributed by atoms with E-state index >= 15 is 0 Å². The van der Waals surface area contributed by atoms with Crippen LogP contribution in [0.4, 0.5) is 0 Å². The van der Waals surface area contributed by atoms with Crippen LogP contribution in [0.2, 0.25) is 5.02 Å². The van der Waals surface area contributed by atoms with Crippen molar-refractivity contribution in [2.24, 2.45) is 5.92 Å². The Balaban J connectivity index is 1.70. The molecule has 5 nitrogen and oxygen atoms in total. The number of methoxy groups -OCH3 is 1. The van der Waals surface area contributed by atoms with Crippen molar-refractivity contribution in [3.63, 3.8) is 0 Å². The molecule has 2 fully saturated rings. The molecule has 0 radical (unpaired) electrons. The van der Waals surface area contributed by atoms with E-state index < -0.39 is 9.84 Å². The third kappa shape index (κ3) is 3.33. The van der Waals surface area contributed by atoms with E-state index in [9.17, 15) is 8.42 Å². The lowest BCUT2D eigenvalue weighted by molar-refractivity contribution is 0.0445. The number of halogens is 1. The molecule has 1 aliphatic heterocycles. The highest BCUT2D eigenvalue weighted by molar-refractivity contribution is 7.91. The predicted octanol–water partition coefficient (Wildman–Crippen LogP) is 2.47. The van der Waals surface area contributed by atoms with Crippen LogP contribution in [0.3, 0.4) is 0 Å². The lowest BCUT2D eigenvalue weighted by Crippen LogP contribution is -2.22. The molecule has 116 valence electrons. The number of nitrogens with zero attached hydrogens (tertiary/aromatic N) is 1. The molecule has 1 saturated heterocycles. The van der Waals surface area contributed by atoms with Gasteiger partial charge in [-0.2, -0.15) is 0 Å². The molecule has 0 N–H and O–H groups in total. The summed E-state index contributed by atoms with van der Waals surface area (Å²) in [5.74, 6) is 0.858. The molecule has 2 aliphatic rings. The number of hydrogen-bond donors (Lipinski definition) is 0. The van der Waals surface area contributed by atoms with Gasteiger partial charge in [-0.25, -0.2) is 13.4 Å². The molecule has 7 heteroatoms. The normalized spacial score (nSPS) is 26.0. The second kappa shape index (κ2) is 5.74. The summed E-state index contributed by atoms with van der Waals surface area (Å²) in [5, 5.41) is 0.196. The lowest BCUT2D eigenvalue weighted by atomic mass is 10.1. The molecule has 0 aromatic carbocycles. The molecule has 1 aromatic rings. The average molecular weight is 332 g/mol. The molecular weight excluding hydrogens is 314 g/mol. The van der Waals surface area contributed by atoms with Gasteiger partial charge in [0.05, 0.1) is 30.0 Å². The number of sulfone groups is 1. The zero-order valence-electron chi connectivity index (χ0n) is 11.8. The van der Waals surface area contributed by atoms with Crippen LogP contribution in [0.15, 0.2) is 17.2 Å². The highest BCUT2D eigenvalue weighted by atomic mass is 35.5. The number of hydrogen-bond acceptors (Lipinski definition) is 5. The van der Waals surface area contributed by atoms with Gasteiger partial charge in [0, 0.05) is 6.20 Å². The molecule has 2 unspecified atom stereocenters. The van der Waals surface area contributed by atoms with E-state index in [1.807, 2.05) is 0 Å². The fourth-order valence-corrected chi connectivity index (χ4v) is 4.49. The molecule has 2 atom stereocenters. The van der Waals surface area contributed by atoms with Crippen LogP contribution in [-0.2, 0) is 14.6 Å². The molecule has 0 bridgehead atoms. The van der Waals surface area contributed by atoms with Gasteiger partial charge < -0.3 is 9.47 Å². The Morgan fingerprint density at radius 2 is 2.14 bits per heavy atom. The van der Waals surface area contributed by atoms with Crippen molar-refractivity contribution in [3.8, 4) is 5.88 Å². The summed E-state index contributed by atoms with van der Waals surface area (Å²) in [6.45, 7) is 0. The summed E-state index contributed by atoms with van der Waals surface area (Å²) < 4.78 is 35.6. The van der Waals surface area contributed by atoms with Crippen molar-refractivity contribution in [2.45, 2.75) is 42.8 Å². The third-order valence-electron chi connectivity index (χ3n) is 4.03. The molecule has 1 saturated carbocycles. The third-order valence-corrected chi connectivity index (χ3v) is 6.05. The number of ether oxygens (including phenoxy) is 2. The van der Waals surface area contributed by atoms with Crippen molar-refractivity contribution in [1.29, 1.82) is 0 Å². The Morgan fingerprint density at radius 3 is 2.76 bits per heavy atom. The Labute approximate surface area is 129 Å². The van der Waals surface area contributed by atoms with Crippen molar-refractivity contribution in [1.82, 2.24) is 4.98 Å². The molecule has 1 aromatic heterocycles. The minimum absolute atomic E-state index is 0.0133. The number of aromatic nitrogens is 1. The lowest BCUT2D eigenvalue weighted by Gasteiger charge is -2.13. The first-order valence-corrected chi connectivity index (χ1v) is 9.10. The quantitative estimate of drug-likeness (QED) is 0.829. The second-order valence-corrected chi connectivity index (χ2v) is 8.10. The van der Waals surface area contributed by atoms with Gasteiger partial charge in [0.15, 0.2) is 9.84 Å². The van der Waals surface area contributed by atoms with E-state index in [4.69, 9.17) is 21.1 Å². The summed E-state index contributed by atoms with van der Waals surface area (Å²) in [6.07, 6.45) is 5.51. The van der Waals surface area contributed by atoms with Crippen LogP contribution in [0.5, 0.6) is 5.88 Å². The smallest absolute Gasteiger partial charge is 0.232 e. The minimum atomic E-state index is -3.45. The Bertz CT molecular complexity index is 630. The number of pyridine rings is 1. The fourth-order valence-electron chi connectivity index (χ4n) is 2.74. The van der Waals surface area contributed by atoms with Gasteiger partial charge in [0.2, 0.25) is 5.88 Å². The first-order chi connectivity index (χ1) is 9.99. The van der Waals surface area contributed by atoms with Gasteiger partial charge in [-0.1, -0.05) is 11.6 Å². The highest BCUT2D eigenvalue weighted by Crippen LogP contribution is 2.40. The standard InChI is InChI=1S/C14H18ClNO4S/c1-19-14-12(15)6-11(7-16-14)21(17,18)8-10-4-5-13(20-10)9-2-3-9/h6-7,9-10,13H,2-5,8H2,1H3. The summed E-state index contributed by atoms with van der Waals surface area (Å²) in [6, 6.07) is 1.38. The van der Waals surface area contributed by atoms with Crippen LogP contribution in [0, 0.1) is 5.92 Å². The van der Waals surface area contributed by atoms with Crippen LogP contribution in [-0.4, -0.2) is 38.5 Å². The summed E-state index contributed by atoms with van der Waals surface area (Å²) in [5.41, 5.74) is 0. The minimum Gasteiger partial charge on any atom is -0.480 e. The van der Waals surface area contributed by atoms with E-state index in [0.717, 1.165) is 12.8 Å². The molecule has 21 heavy (non-hydrogen) atoms. The summed E-state index contributed by atoms with van der Waals surface area (Å²) in [4.78, 5) is 4.03. The first kappa shape index (κ1) is 15.1. The zero-order chi connectivity index (χ0) is 15.0. The molecule has 0 amide bonds. The Morgan fingerprint density at radius 1 is 1.38 bits per heavy atom. The summed E-state index contributed by atoms with van der Waals surface area (Å²) in [7, 11) is -2.01. The van der Waals surface area contributed by atoms with Crippen LogP contribution >= 0.6 is 11.6 Å². The maximum Gasteiger partial charge on any atom is 0.232 e. The van der Waals surface area contributed by atoms with Gasteiger partial charge in [-0.15, -0.1) is 0 Å². The van der Waals surface area contributed by atoms with Crippen LogP contribution in [0.1, 0.15) is 25.7 Å². The van der Waals surface area contributed by atoms with Crippen molar-refractivity contribution >= 4 is 21.4 Å². The van der Waals surface area contributed by atoms with Crippen molar-refractivity contribution < 1.29 is 17.9 Å². The van der Waals surface area contributed by atoms with E-state index in [2.05, 4.69) is 4.98 Å². The molecular formula is C14H18ClNO4S. The van der Waals surface area contributed by atoms with Gasteiger partial charge in [-0.05, 0) is 37.7 Å². The first-order valence-electron chi connectivity index (χ1n) is 7.07. The molecule has 0 spiro atoms. The van der Waals surface area contributed by atoms with Crippen LogP contribution in [0.25, 0.3) is 0 Å². The van der Waals surface area contributed by atoms with Gasteiger partial charge >= 0.3 is 0 Å². The second-order valence-electron chi connectivity index (χ2n) is 5.65. The van der Waals surface area contributed by atoms with E-state index in [1.165, 1.54) is 32.2 Å². The number of rotatable bonds is 5.